The summed E-state index contributed by atoms with van der Waals surface area (Å²) in [6.07, 6.45) is -4.64. The van der Waals surface area contributed by atoms with Crippen LogP contribution < -0.4 is 10.2 Å². The van der Waals surface area contributed by atoms with E-state index in [-0.39, 0.29) is 11.1 Å². The molecule has 0 unspecified atom stereocenters. The minimum absolute atomic E-state index is 0.243. The van der Waals surface area contributed by atoms with Crippen LogP contribution in [-0.4, -0.2) is 18.4 Å². The van der Waals surface area contributed by atoms with E-state index in [9.17, 15) is 22.8 Å². The van der Waals surface area contributed by atoms with Gasteiger partial charge in [-0.05, 0) is 29.2 Å². The normalized spacial score (nSPS) is 11.8. The number of hydrogen-bond acceptors (Lipinski definition) is 2. The van der Waals surface area contributed by atoms with Gasteiger partial charge in [0, 0.05) is 12.6 Å². The SMILES string of the molecule is CC(=O)N(CC(=O)Nc1ccccc1C(C)(C)C)c1ccccc1C(F)(F)F. The maximum absolute atomic E-state index is 13.3. The van der Waals surface area contributed by atoms with E-state index in [2.05, 4.69) is 5.32 Å². The molecule has 4 nitrogen and oxygen atoms in total. The number of nitrogens with one attached hydrogen (secondary N) is 1. The number of rotatable bonds is 4. The Bertz CT molecular complexity index is 870. The maximum atomic E-state index is 13.3. The van der Waals surface area contributed by atoms with E-state index in [1.54, 1.807) is 12.1 Å². The Balaban J connectivity index is 2.31. The van der Waals surface area contributed by atoms with E-state index in [0.717, 1.165) is 23.5 Å². The lowest BCUT2D eigenvalue weighted by molar-refractivity contribution is -0.137. The van der Waals surface area contributed by atoms with Gasteiger partial charge in [-0.3, -0.25) is 9.59 Å². The highest BCUT2D eigenvalue weighted by Gasteiger charge is 2.35. The zero-order valence-electron chi connectivity index (χ0n) is 16.2. The molecule has 0 aliphatic heterocycles. The van der Waals surface area contributed by atoms with Gasteiger partial charge in [-0.15, -0.1) is 0 Å². The fourth-order valence-electron chi connectivity index (χ4n) is 2.89. The minimum atomic E-state index is -4.64. The van der Waals surface area contributed by atoms with E-state index in [4.69, 9.17) is 0 Å². The number of amides is 2. The van der Waals surface area contributed by atoms with Crippen molar-refractivity contribution >= 4 is 23.2 Å². The highest BCUT2D eigenvalue weighted by molar-refractivity contribution is 6.02. The van der Waals surface area contributed by atoms with Crippen LogP contribution in [0, 0.1) is 0 Å². The predicted octanol–water partition coefficient (Wildman–Crippen LogP) is 4.99. The summed E-state index contributed by atoms with van der Waals surface area (Å²) < 4.78 is 39.9. The summed E-state index contributed by atoms with van der Waals surface area (Å²) in [5, 5.41) is 2.72. The maximum Gasteiger partial charge on any atom is 0.418 e. The van der Waals surface area contributed by atoms with Crippen molar-refractivity contribution in [2.24, 2.45) is 0 Å². The number of carbonyl (C=O) groups is 2. The second kappa shape index (κ2) is 8.04. The van der Waals surface area contributed by atoms with Crippen LogP contribution in [0.15, 0.2) is 48.5 Å². The van der Waals surface area contributed by atoms with Gasteiger partial charge in [0.15, 0.2) is 0 Å². The molecular formula is C21H23F3N2O2. The zero-order chi connectivity index (χ0) is 21.1. The zero-order valence-corrected chi connectivity index (χ0v) is 16.2. The quantitative estimate of drug-likeness (QED) is 0.797. The second-order valence-corrected chi connectivity index (χ2v) is 7.46. The highest BCUT2D eigenvalue weighted by Crippen LogP contribution is 2.36. The molecule has 2 aromatic carbocycles. The molecule has 0 spiro atoms. The smallest absolute Gasteiger partial charge is 0.324 e. The first kappa shape index (κ1) is 21.5. The molecule has 1 N–H and O–H groups in total. The van der Waals surface area contributed by atoms with Gasteiger partial charge < -0.3 is 10.2 Å². The Morgan fingerprint density at radius 1 is 0.929 bits per heavy atom. The fraction of sp³-hybridized carbons (Fsp3) is 0.333. The molecular weight excluding hydrogens is 369 g/mol. The Morgan fingerprint density at radius 3 is 2.00 bits per heavy atom. The highest BCUT2D eigenvalue weighted by atomic mass is 19.4. The van der Waals surface area contributed by atoms with Crippen molar-refractivity contribution < 1.29 is 22.8 Å². The molecule has 2 aromatic rings. The first-order valence-electron chi connectivity index (χ1n) is 8.75. The molecule has 2 rings (SSSR count). The van der Waals surface area contributed by atoms with Gasteiger partial charge in [0.1, 0.15) is 6.54 Å². The van der Waals surface area contributed by atoms with Crippen molar-refractivity contribution in [2.45, 2.75) is 39.3 Å². The summed E-state index contributed by atoms with van der Waals surface area (Å²) in [7, 11) is 0. The lowest BCUT2D eigenvalue weighted by atomic mass is 9.86. The molecule has 28 heavy (non-hydrogen) atoms. The first-order valence-corrected chi connectivity index (χ1v) is 8.75. The molecule has 0 fully saturated rings. The molecule has 150 valence electrons. The molecule has 2 amide bonds. The number of alkyl halides is 3. The Hall–Kier alpha value is -2.83. The summed E-state index contributed by atoms with van der Waals surface area (Å²) in [4.78, 5) is 25.4. The molecule has 0 aromatic heterocycles. The van der Waals surface area contributed by atoms with Gasteiger partial charge in [-0.2, -0.15) is 13.2 Å². The topological polar surface area (TPSA) is 49.4 Å². The predicted molar refractivity (Wildman–Crippen MR) is 103 cm³/mol. The third-order valence-electron chi connectivity index (χ3n) is 4.19. The van der Waals surface area contributed by atoms with E-state index >= 15 is 0 Å². The Morgan fingerprint density at radius 2 is 1.46 bits per heavy atom. The average Bonchev–Trinajstić information content (AvgIpc) is 2.58. The van der Waals surface area contributed by atoms with Gasteiger partial charge in [0.2, 0.25) is 11.8 Å². The molecule has 0 radical (unpaired) electrons. The molecule has 0 saturated carbocycles. The van der Waals surface area contributed by atoms with Crippen LogP contribution in [0.2, 0.25) is 0 Å². The van der Waals surface area contributed by atoms with Crippen LogP contribution in [0.5, 0.6) is 0 Å². The first-order chi connectivity index (χ1) is 12.9. The molecule has 0 atom stereocenters. The Labute approximate surface area is 162 Å². The summed E-state index contributed by atoms with van der Waals surface area (Å²) >= 11 is 0. The monoisotopic (exact) mass is 392 g/mol. The average molecular weight is 392 g/mol. The van der Waals surface area contributed by atoms with E-state index in [0.29, 0.717) is 5.69 Å². The molecule has 0 aliphatic carbocycles. The number of benzene rings is 2. The number of anilines is 2. The second-order valence-electron chi connectivity index (χ2n) is 7.46. The van der Waals surface area contributed by atoms with Gasteiger partial charge in [0.25, 0.3) is 0 Å². The van der Waals surface area contributed by atoms with Gasteiger partial charge in [0.05, 0.1) is 11.3 Å². The van der Waals surface area contributed by atoms with Gasteiger partial charge in [-0.25, -0.2) is 0 Å². The third-order valence-corrected chi connectivity index (χ3v) is 4.19. The van der Waals surface area contributed by atoms with Crippen molar-refractivity contribution in [1.29, 1.82) is 0 Å². The van der Waals surface area contributed by atoms with E-state index in [1.807, 2.05) is 32.9 Å². The fourth-order valence-corrected chi connectivity index (χ4v) is 2.89. The summed E-state index contributed by atoms with van der Waals surface area (Å²) in [6.45, 7) is 6.56. The van der Waals surface area contributed by atoms with Crippen molar-refractivity contribution in [3.63, 3.8) is 0 Å². The summed E-state index contributed by atoms with van der Waals surface area (Å²) in [5.41, 5.74) is -0.108. The number of para-hydroxylation sites is 2. The number of halogens is 3. The van der Waals surface area contributed by atoms with Crippen LogP contribution in [-0.2, 0) is 21.2 Å². The summed E-state index contributed by atoms with van der Waals surface area (Å²) in [6, 6.07) is 11.9. The van der Waals surface area contributed by atoms with Crippen LogP contribution in [0.4, 0.5) is 24.5 Å². The molecule has 7 heteroatoms. The van der Waals surface area contributed by atoms with Crippen molar-refractivity contribution in [3.8, 4) is 0 Å². The van der Waals surface area contributed by atoms with E-state index < -0.39 is 30.1 Å². The van der Waals surface area contributed by atoms with Crippen LogP contribution >= 0.6 is 0 Å². The van der Waals surface area contributed by atoms with Crippen molar-refractivity contribution in [2.75, 3.05) is 16.8 Å². The van der Waals surface area contributed by atoms with Crippen LogP contribution in [0.3, 0.4) is 0 Å². The van der Waals surface area contributed by atoms with Crippen molar-refractivity contribution in [1.82, 2.24) is 0 Å². The van der Waals surface area contributed by atoms with Crippen LogP contribution in [0.25, 0.3) is 0 Å². The number of carbonyl (C=O) groups excluding carboxylic acids is 2. The molecule has 0 aliphatic rings. The number of hydrogen-bond donors (Lipinski definition) is 1. The minimum Gasteiger partial charge on any atom is -0.324 e. The van der Waals surface area contributed by atoms with E-state index in [1.165, 1.54) is 18.2 Å². The van der Waals surface area contributed by atoms with Crippen molar-refractivity contribution in [3.05, 3.63) is 59.7 Å². The van der Waals surface area contributed by atoms with Crippen LogP contribution in [0.1, 0.15) is 38.8 Å². The molecule has 0 bridgehead atoms. The summed E-state index contributed by atoms with van der Waals surface area (Å²) in [5.74, 6) is -1.24. The largest absolute Gasteiger partial charge is 0.418 e. The standard InChI is InChI=1S/C21H23F3N2O2/c1-14(27)26(18-12-8-6-10-16(18)21(22,23)24)13-19(28)25-17-11-7-5-9-15(17)20(2,3)4/h5-12H,13H2,1-4H3,(H,25,28). The lowest BCUT2D eigenvalue weighted by Gasteiger charge is -2.26. The molecule has 0 saturated heterocycles. The number of nitrogens with zero attached hydrogens (tertiary/aromatic N) is 1. The van der Waals surface area contributed by atoms with Gasteiger partial charge in [-0.1, -0.05) is 51.1 Å². The Kier molecular flexibility index (Phi) is 6.17. The van der Waals surface area contributed by atoms with Gasteiger partial charge >= 0.3 is 6.18 Å². The molecule has 0 heterocycles. The lowest BCUT2D eigenvalue weighted by Crippen LogP contribution is -2.38. The third kappa shape index (κ3) is 5.12.